The van der Waals surface area contributed by atoms with Gasteiger partial charge in [-0.05, 0) is 32.3 Å². The highest BCUT2D eigenvalue weighted by molar-refractivity contribution is 5.97. The van der Waals surface area contributed by atoms with E-state index in [-0.39, 0.29) is 23.8 Å². The lowest BCUT2D eigenvalue weighted by Gasteiger charge is -2.36. The number of pyridine rings is 1. The highest BCUT2D eigenvalue weighted by atomic mass is 16.5. The van der Waals surface area contributed by atoms with Gasteiger partial charge in [-0.15, -0.1) is 0 Å². The van der Waals surface area contributed by atoms with Crippen molar-refractivity contribution < 1.29 is 14.1 Å². The predicted molar refractivity (Wildman–Crippen MR) is 88.2 cm³/mol. The first kappa shape index (κ1) is 16.4. The molecule has 24 heavy (non-hydrogen) atoms. The Balaban J connectivity index is 1.89. The zero-order valence-electron chi connectivity index (χ0n) is 14.0. The summed E-state index contributed by atoms with van der Waals surface area (Å²) in [6, 6.07) is 1.86. The highest BCUT2D eigenvalue weighted by Gasteiger charge is 2.32. The Labute approximate surface area is 140 Å². The number of primary amides is 1. The average molecular weight is 330 g/mol. The standard InChI is InChI=1S/C17H22N4O3/c1-3-4-14-13-7-12(8-19-16(13)24-20-14)17(23)21-9-11(15(18)22)6-5-10(21)2/h7-8,10-11H,3-6,9H2,1-2H3,(H2,18,22)/t10-,11-/m0/s1. The number of likely N-dealkylation sites (tertiary alicyclic amines) is 1. The van der Waals surface area contributed by atoms with Crippen molar-refractivity contribution in [1.82, 2.24) is 15.0 Å². The lowest BCUT2D eigenvalue weighted by Crippen LogP contribution is -2.48. The molecule has 1 fully saturated rings. The number of nitrogens with two attached hydrogens (primary N) is 1. The Morgan fingerprint density at radius 1 is 1.42 bits per heavy atom. The van der Waals surface area contributed by atoms with Crippen LogP contribution in [0.5, 0.6) is 0 Å². The lowest BCUT2D eigenvalue weighted by molar-refractivity contribution is -0.123. The van der Waals surface area contributed by atoms with Crippen LogP contribution in [0, 0.1) is 5.92 Å². The molecule has 0 saturated carbocycles. The van der Waals surface area contributed by atoms with E-state index >= 15 is 0 Å². The average Bonchev–Trinajstić information content (AvgIpc) is 2.97. The molecule has 1 aliphatic rings. The van der Waals surface area contributed by atoms with Crippen LogP contribution < -0.4 is 5.73 Å². The predicted octanol–water partition coefficient (Wildman–Crippen LogP) is 1.90. The molecule has 3 heterocycles. The van der Waals surface area contributed by atoms with E-state index in [1.165, 1.54) is 6.20 Å². The number of hydrogen-bond donors (Lipinski definition) is 1. The van der Waals surface area contributed by atoms with Crippen molar-refractivity contribution in [3.63, 3.8) is 0 Å². The van der Waals surface area contributed by atoms with E-state index in [1.54, 1.807) is 11.0 Å². The van der Waals surface area contributed by atoms with Crippen molar-refractivity contribution >= 4 is 22.9 Å². The van der Waals surface area contributed by atoms with Crippen molar-refractivity contribution in [3.05, 3.63) is 23.5 Å². The summed E-state index contributed by atoms with van der Waals surface area (Å²) < 4.78 is 5.20. The van der Waals surface area contributed by atoms with Crippen molar-refractivity contribution in [2.24, 2.45) is 11.7 Å². The summed E-state index contributed by atoms with van der Waals surface area (Å²) >= 11 is 0. The second kappa shape index (κ2) is 6.59. The van der Waals surface area contributed by atoms with Gasteiger partial charge in [-0.3, -0.25) is 9.59 Å². The van der Waals surface area contributed by atoms with Crippen molar-refractivity contribution in [2.45, 2.75) is 45.6 Å². The van der Waals surface area contributed by atoms with Gasteiger partial charge >= 0.3 is 0 Å². The molecule has 2 amide bonds. The van der Waals surface area contributed by atoms with Gasteiger partial charge in [-0.2, -0.15) is 0 Å². The Hall–Kier alpha value is -2.44. The summed E-state index contributed by atoms with van der Waals surface area (Å²) in [5, 5.41) is 4.80. The third-order valence-corrected chi connectivity index (χ3v) is 4.68. The first-order valence-corrected chi connectivity index (χ1v) is 8.35. The zero-order chi connectivity index (χ0) is 17.3. The Morgan fingerprint density at radius 2 is 2.21 bits per heavy atom. The fraction of sp³-hybridized carbons (Fsp3) is 0.529. The number of amides is 2. The summed E-state index contributed by atoms with van der Waals surface area (Å²) in [5.74, 6) is -0.767. The number of piperidine rings is 1. The van der Waals surface area contributed by atoms with E-state index in [0.29, 0.717) is 17.8 Å². The minimum Gasteiger partial charge on any atom is -0.369 e. The van der Waals surface area contributed by atoms with Gasteiger partial charge in [0.25, 0.3) is 11.6 Å². The van der Waals surface area contributed by atoms with E-state index < -0.39 is 0 Å². The van der Waals surface area contributed by atoms with Crippen LogP contribution in [-0.4, -0.2) is 39.4 Å². The molecule has 2 atom stereocenters. The minimum atomic E-state index is -0.349. The minimum absolute atomic E-state index is 0.0707. The molecule has 0 aliphatic carbocycles. The first-order chi connectivity index (χ1) is 11.5. The fourth-order valence-electron chi connectivity index (χ4n) is 3.20. The van der Waals surface area contributed by atoms with Gasteiger partial charge in [0.1, 0.15) is 0 Å². The molecule has 0 bridgehead atoms. The molecule has 1 saturated heterocycles. The van der Waals surface area contributed by atoms with Crippen molar-refractivity contribution in [2.75, 3.05) is 6.54 Å². The normalized spacial score (nSPS) is 21.2. The second-order valence-electron chi connectivity index (χ2n) is 6.44. The topological polar surface area (TPSA) is 102 Å². The number of aryl methyl sites for hydroxylation is 1. The van der Waals surface area contributed by atoms with Crippen LogP contribution in [0.15, 0.2) is 16.8 Å². The maximum atomic E-state index is 12.9. The third-order valence-electron chi connectivity index (χ3n) is 4.68. The van der Waals surface area contributed by atoms with Crippen molar-refractivity contribution in [3.8, 4) is 0 Å². The number of hydrogen-bond acceptors (Lipinski definition) is 5. The fourth-order valence-corrected chi connectivity index (χ4v) is 3.20. The Bertz CT molecular complexity index is 770. The Morgan fingerprint density at radius 3 is 2.92 bits per heavy atom. The zero-order valence-corrected chi connectivity index (χ0v) is 14.0. The van der Waals surface area contributed by atoms with Crippen molar-refractivity contribution in [1.29, 1.82) is 0 Å². The summed E-state index contributed by atoms with van der Waals surface area (Å²) in [4.78, 5) is 30.3. The molecule has 128 valence electrons. The van der Waals surface area contributed by atoms with Crippen LogP contribution in [0.4, 0.5) is 0 Å². The smallest absolute Gasteiger partial charge is 0.257 e. The van der Waals surface area contributed by atoms with Crippen LogP contribution in [0.25, 0.3) is 11.1 Å². The van der Waals surface area contributed by atoms with E-state index in [2.05, 4.69) is 17.1 Å². The van der Waals surface area contributed by atoms with Gasteiger partial charge in [0, 0.05) is 18.8 Å². The van der Waals surface area contributed by atoms with Gasteiger partial charge in [0.2, 0.25) is 5.91 Å². The molecule has 1 aliphatic heterocycles. The monoisotopic (exact) mass is 330 g/mol. The van der Waals surface area contributed by atoms with Gasteiger partial charge in [-0.25, -0.2) is 4.98 Å². The molecular weight excluding hydrogens is 308 g/mol. The molecular formula is C17H22N4O3. The van der Waals surface area contributed by atoms with E-state index in [0.717, 1.165) is 36.8 Å². The maximum absolute atomic E-state index is 12.9. The van der Waals surface area contributed by atoms with Crippen LogP contribution in [0.3, 0.4) is 0 Å². The molecule has 2 N–H and O–H groups in total. The third kappa shape index (κ3) is 2.98. The van der Waals surface area contributed by atoms with Gasteiger partial charge < -0.3 is 15.2 Å². The largest absolute Gasteiger partial charge is 0.369 e. The summed E-state index contributed by atoms with van der Waals surface area (Å²) in [5.41, 5.74) is 7.16. The number of carbonyl (C=O) groups excluding carboxylic acids is 2. The summed E-state index contributed by atoms with van der Waals surface area (Å²) in [6.07, 6.45) is 4.71. The number of nitrogens with zero attached hydrogens (tertiary/aromatic N) is 3. The molecule has 7 heteroatoms. The quantitative estimate of drug-likeness (QED) is 0.922. The summed E-state index contributed by atoms with van der Waals surface area (Å²) in [6.45, 7) is 4.41. The van der Waals surface area contributed by atoms with E-state index in [1.807, 2.05) is 6.92 Å². The highest BCUT2D eigenvalue weighted by Crippen LogP contribution is 2.25. The molecule has 7 nitrogen and oxygen atoms in total. The van der Waals surface area contributed by atoms with Crippen LogP contribution >= 0.6 is 0 Å². The molecule has 2 aromatic heterocycles. The van der Waals surface area contributed by atoms with Crippen LogP contribution in [0.2, 0.25) is 0 Å². The number of fused-ring (bicyclic) bond motifs is 1. The van der Waals surface area contributed by atoms with Gasteiger partial charge in [0.15, 0.2) is 0 Å². The van der Waals surface area contributed by atoms with Gasteiger partial charge in [-0.1, -0.05) is 18.5 Å². The van der Waals surface area contributed by atoms with E-state index in [4.69, 9.17) is 10.3 Å². The van der Waals surface area contributed by atoms with Gasteiger partial charge in [0.05, 0.1) is 22.6 Å². The number of carbonyl (C=O) groups is 2. The molecule has 0 radical (unpaired) electrons. The van der Waals surface area contributed by atoms with Crippen LogP contribution in [0.1, 0.15) is 49.2 Å². The molecule has 0 spiro atoms. The second-order valence-corrected chi connectivity index (χ2v) is 6.44. The first-order valence-electron chi connectivity index (χ1n) is 8.35. The molecule has 2 aromatic rings. The van der Waals surface area contributed by atoms with Crippen LogP contribution in [-0.2, 0) is 11.2 Å². The number of rotatable bonds is 4. The molecule has 0 aromatic carbocycles. The SMILES string of the molecule is CCCc1noc2ncc(C(=O)N3C[C@@H](C(N)=O)CC[C@@H]3C)cc12. The lowest BCUT2D eigenvalue weighted by atomic mass is 9.92. The molecule has 0 unspecified atom stereocenters. The summed E-state index contributed by atoms with van der Waals surface area (Å²) in [7, 11) is 0. The Kier molecular flexibility index (Phi) is 4.51. The molecule has 3 rings (SSSR count). The number of aromatic nitrogens is 2. The maximum Gasteiger partial charge on any atom is 0.257 e. The van der Waals surface area contributed by atoms with E-state index in [9.17, 15) is 9.59 Å².